The Labute approximate surface area is 121 Å². The van der Waals surface area contributed by atoms with E-state index in [2.05, 4.69) is 11.8 Å². The Morgan fingerprint density at radius 2 is 2.10 bits per heavy atom. The summed E-state index contributed by atoms with van der Waals surface area (Å²) in [7, 11) is 1.62. The second-order valence-electron chi connectivity index (χ2n) is 5.72. The van der Waals surface area contributed by atoms with Crippen LogP contribution in [0.5, 0.6) is 0 Å². The van der Waals surface area contributed by atoms with E-state index in [0.717, 1.165) is 5.70 Å². The van der Waals surface area contributed by atoms with Crippen LogP contribution in [0.4, 0.5) is 4.79 Å². The van der Waals surface area contributed by atoms with Crippen molar-refractivity contribution in [3.63, 3.8) is 0 Å². The molecule has 0 aromatic carbocycles. The topological polar surface area (TPSA) is 54.4 Å². The summed E-state index contributed by atoms with van der Waals surface area (Å²) in [6.07, 6.45) is 1.44. The van der Waals surface area contributed by atoms with E-state index in [1.165, 1.54) is 0 Å². The largest absolute Gasteiger partial charge is 0.444 e. The number of rotatable bonds is 2. The number of amides is 1. The van der Waals surface area contributed by atoms with Crippen LogP contribution in [0.25, 0.3) is 0 Å². The lowest BCUT2D eigenvalue weighted by Crippen LogP contribution is -2.41. The highest BCUT2D eigenvalue weighted by molar-refractivity contribution is 5.68. The molecule has 1 aliphatic rings. The first kappa shape index (κ1) is 16.5. The van der Waals surface area contributed by atoms with Gasteiger partial charge in [0.2, 0.25) is 0 Å². The van der Waals surface area contributed by atoms with Crippen molar-refractivity contribution in [3.8, 4) is 0 Å². The molecule has 1 aliphatic heterocycles. The maximum atomic E-state index is 12.2. The summed E-state index contributed by atoms with van der Waals surface area (Å²) in [5, 5.41) is 5.75. The number of ether oxygens (including phenoxy) is 2. The summed E-state index contributed by atoms with van der Waals surface area (Å²) in [5.74, 6) is 0. The second-order valence-corrected chi connectivity index (χ2v) is 5.72. The zero-order valence-corrected chi connectivity index (χ0v) is 13.0. The fraction of sp³-hybridized carbons (Fsp3) is 0.714. The fourth-order valence-corrected chi connectivity index (χ4v) is 1.96. The van der Waals surface area contributed by atoms with E-state index < -0.39 is 5.60 Å². The first-order chi connectivity index (χ1) is 9.30. The van der Waals surface area contributed by atoms with Gasteiger partial charge in [-0.05, 0) is 27.7 Å². The monoisotopic (exact) mass is 283 g/mol. The highest BCUT2D eigenvalue weighted by atomic mass is 16.6. The number of hydrazone groups is 1. The standard InChI is InChI=1S/C14H25N3O3/c1-7-11-8-16(13(18)20-14(2,3)4)9-12(19-6)10-17(11)15-5/h7,12H,5,8-10H2,1-4,6H3/b11-7-. The third-order valence-corrected chi connectivity index (χ3v) is 2.97. The van der Waals surface area contributed by atoms with Gasteiger partial charge in [0.05, 0.1) is 31.4 Å². The van der Waals surface area contributed by atoms with Gasteiger partial charge in [-0.3, -0.25) is 9.91 Å². The summed E-state index contributed by atoms with van der Waals surface area (Å²) in [6.45, 7) is 12.5. The second kappa shape index (κ2) is 6.74. The molecule has 0 N–H and O–H groups in total. The van der Waals surface area contributed by atoms with Crippen LogP contribution in [0, 0.1) is 0 Å². The van der Waals surface area contributed by atoms with Gasteiger partial charge >= 0.3 is 6.09 Å². The summed E-state index contributed by atoms with van der Waals surface area (Å²) in [4.78, 5) is 13.9. The van der Waals surface area contributed by atoms with E-state index >= 15 is 0 Å². The molecule has 0 bridgehead atoms. The minimum Gasteiger partial charge on any atom is -0.444 e. The minimum absolute atomic E-state index is 0.134. The lowest BCUT2D eigenvalue weighted by atomic mass is 10.2. The van der Waals surface area contributed by atoms with Crippen molar-refractivity contribution in [1.29, 1.82) is 0 Å². The number of carbonyl (C=O) groups is 1. The van der Waals surface area contributed by atoms with Crippen LogP contribution in [0.3, 0.4) is 0 Å². The fourth-order valence-electron chi connectivity index (χ4n) is 1.96. The molecule has 1 atom stereocenters. The SMILES string of the molecule is C=NN1CC(OC)CN(C(=O)OC(C)(C)C)C/C1=C/C. The van der Waals surface area contributed by atoms with Gasteiger partial charge in [0, 0.05) is 13.8 Å². The predicted octanol–water partition coefficient (Wildman–Crippen LogP) is 2.07. The molecule has 1 saturated heterocycles. The maximum absolute atomic E-state index is 12.2. The molecule has 1 fully saturated rings. The number of methoxy groups -OCH3 is 1. The lowest BCUT2D eigenvalue weighted by Gasteiger charge is -2.27. The van der Waals surface area contributed by atoms with Gasteiger partial charge < -0.3 is 9.47 Å². The van der Waals surface area contributed by atoms with E-state index in [0.29, 0.717) is 19.6 Å². The molecule has 6 heteroatoms. The molecular weight excluding hydrogens is 258 g/mol. The van der Waals surface area contributed by atoms with E-state index in [-0.39, 0.29) is 12.2 Å². The number of carbonyl (C=O) groups excluding carboxylic acids is 1. The van der Waals surface area contributed by atoms with Crippen LogP contribution >= 0.6 is 0 Å². The van der Waals surface area contributed by atoms with Crippen LogP contribution < -0.4 is 0 Å². The van der Waals surface area contributed by atoms with Crippen molar-refractivity contribution in [2.75, 3.05) is 26.7 Å². The molecular formula is C14H25N3O3. The Morgan fingerprint density at radius 1 is 1.45 bits per heavy atom. The molecule has 0 aromatic rings. The van der Waals surface area contributed by atoms with Crippen molar-refractivity contribution in [2.24, 2.45) is 5.10 Å². The van der Waals surface area contributed by atoms with Crippen LogP contribution in [0.2, 0.25) is 0 Å². The van der Waals surface area contributed by atoms with Gasteiger partial charge in [-0.2, -0.15) is 5.10 Å². The Kier molecular flexibility index (Phi) is 5.56. The molecule has 6 nitrogen and oxygen atoms in total. The first-order valence-electron chi connectivity index (χ1n) is 6.70. The molecule has 0 aromatic heterocycles. The van der Waals surface area contributed by atoms with E-state index in [1.807, 2.05) is 33.8 Å². The van der Waals surface area contributed by atoms with Crippen molar-refractivity contribution in [3.05, 3.63) is 11.8 Å². The molecule has 0 spiro atoms. The molecule has 1 unspecified atom stereocenters. The summed E-state index contributed by atoms with van der Waals surface area (Å²) in [5.41, 5.74) is 0.392. The van der Waals surface area contributed by atoms with Crippen molar-refractivity contribution < 1.29 is 14.3 Å². The van der Waals surface area contributed by atoms with Gasteiger partial charge in [-0.15, -0.1) is 0 Å². The molecule has 0 aliphatic carbocycles. The van der Waals surface area contributed by atoms with Crippen molar-refractivity contribution in [1.82, 2.24) is 9.91 Å². The van der Waals surface area contributed by atoms with Crippen molar-refractivity contribution in [2.45, 2.75) is 39.4 Å². The van der Waals surface area contributed by atoms with E-state index in [1.54, 1.807) is 17.0 Å². The quantitative estimate of drug-likeness (QED) is 0.728. The average molecular weight is 283 g/mol. The lowest BCUT2D eigenvalue weighted by molar-refractivity contribution is 0.0129. The number of hydrogen-bond donors (Lipinski definition) is 0. The van der Waals surface area contributed by atoms with Crippen LogP contribution in [-0.4, -0.2) is 61.2 Å². The Bertz CT molecular complexity index is 388. The molecule has 114 valence electrons. The van der Waals surface area contributed by atoms with Crippen LogP contribution in [0.15, 0.2) is 16.9 Å². The predicted molar refractivity (Wildman–Crippen MR) is 78.6 cm³/mol. The van der Waals surface area contributed by atoms with E-state index in [9.17, 15) is 4.79 Å². The van der Waals surface area contributed by atoms with Gasteiger partial charge in [0.15, 0.2) is 0 Å². The molecule has 1 amide bonds. The zero-order valence-electron chi connectivity index (χ0n) is 13.0. The van der Waals surface area contributed by atoms with Crippen LogP contribution in [0.1, 0.15) is 27.7 Å². The highest BCUT2D eigenvalue weighted by Gasteiger charge is 2.30. The van der Waals surface area contributed by atoms with Crippen molar-refractivity contribution >= 4 is 12.8 Å². The smallest absolute Gasteiger partial charge is 0.410 e. The highest BCUT2D eigenvalue weighted by Crippen LogP contribution is 2.18. The Balaban J connectivity index is 2.90. The van der Waals surface area contributed by atoms with Gasteiger partial charge in [0.1, 0.15) is 5.60 Å². The first-order valence-corrected chi connectivity index (χ1v) is 6.70. The normalized spacial score (nSPS) is 22.6. The zero-order chi connectivity index (χ0) is 15.3. The number of nitrogens with zero attached hydrogens (tertiary/aromatic N) is 3. The van der Waals surface area contributed by atoms with Crippen LogP contribution in [-0.2, 0) is 9.47 Å². The van der Waals surface area contributed by atoms with Gasteiger partial charge in [-0.25, -0.2) is 4.79 Å². The van der Waals surface area contributed by atoms with Gasteiger partial charge in [-0.1, -0.05) is 6.08 Å². The summed E-state index contributed by atoms with van der Waals surface area (Å²) in [6, 6.07) is 0. The summed E-state index contributed by atoms with van der Waals surface area (Å²) < 4.78 is 10.8. The Morgan fingerprint density at radius 3 is 2.55 bits per heavy atom. The van der Waals surface area contributed by atoms with Gasteiger partial charge in [0.25, 0.3) is 0 Å². The molecule has 0 radical (unpaired) electrons. The van der Waals surface area contributed by atoms with E-state index in [4.69, 9.17) is 9.47 Å². The third-order valence-electron chi connectivity index (χ3n) is 2.97. The third kappa shape index (κ3) is 4.52. The molecule has 0 saturated carbocycles. The Hall–Kier alpha value is -1.56. The summed E-state index contributed by atoms with van der Waals surface area (Å²) >= 11 is 0. The average Bonchev–Trinajstić information content (AvgIpc) is 2.55. The molecule has 20 heavy (non-hydrogen) atoms. The molecule has 1 heterocycles. The number of allylic oxidation sites excluding steroid dienone is 1. The minimum atomic E-state index is -0.515. The maximum Gasteiger partial charge on any atom is 0.410 e. The molecule has 1 rings (SSSR count). The number of hydrogen-bond acceptors (Lipinski definition) is 5.